The molecule has 0 atom stereocenters. The van der Waals surface area contributed by atoms with Gasteiger partial charge >= 0.3 is 0 Å². The van der Waals surface area contributed by atoms with E-state index in [0.29, 0.717) is 0 Å². The summed E-state index contributed by atoms with van der Waals surface area (Å²) < 4.78 is 0. The average molecular weight is 136 g/mol. The van der Waals surface area contributed by atoms with Gasteiger partial charge in [0.25, 0.3) is 0 Å². The molecule has 0 amide bonds. The maximum Gasteiger partial charge on any atom is -0.0163 e. The van der Waals surface area contributed by atoms with Gasteiger partial charge in [-0.2, -0.15) is 0 Å². The number of hydrogen-bond acceptors (Lipinski definition) is 0. The van der Waals surface area contributed by atoms with Crippen LogP contribution in [0.3, 0.4) is 0 Å². The first-order valence-electron chi connectivity index (χ1n) is 3.62. The van der Waals surface area contributed by atoms with Crippen LogP contribution >= 0.6 is 0 Å². The highest BCUT2D eigenvalue weighted by Gasteiger charge is 1.84. The van der Waals surface area contributed by atoms with Crippen molar-refractivity contribution in [2.24, 2.45) is 0 Å². The van der Waals surface area contributed by atoms with Gasteiger partial charge in [0.2, 0.25) is 0 Å². The summed E-state index contributed by atoms with van der Waals surface area (Å²) in [5.74, 6) is 0. The minimum Gasteiger partial charge on any atom is -0.0959 e. The summed E-state index contributed by atoms with van der Waals surface area (Å²) in [4.78, 5) is 0. The Morgan fingerprint density at radius 1 is 1.40 bits per heavy atom. The first kappa shape index (κ1) is 9.22. The standard InChI is InChI=1S/C10H16/c1-5-6-7-8-10(4)9(2)3/h5-6,8H,2,7H2,1,3-4H3. The van der Waals surface area contributed by atoms with Crippen LogP contribution in [-0.4, -0.2) is 0 Å². The zero-order chi connectivity index (χ0) is 7.98. The molecule has 0 aliphatic heterocycles. The van der Waals surface area contributed by atoms with E-state index in [1.807, 2.05) is 13.8 Å². The molecule has 0 aromatic carbocycles. The average Bonchev–Trinajstić information content (AvgIpc) is 1.88. The fourth-order valence-electron chi connectivity index (χ4n) is 0.555. The van der Waals surface area contributed by atoms with E-state index in [9.17, 15) is 0 Å². The third-order valence-electron chi connectivity index (χ3n) is 1.47. The minimum atomic E-state index is 1.02. The molecule has 0 heteroatoms. The van der Waals surface area contributed by atoms with Gasteiger partial charge in [-0.1, -0.05) is 36.0 Å². The van der Waals surface area contributed by atoms with Crippen molar-refractivity contribution in [3.8, 4) is 0 Å². The molecule has 0 N–H and O–H groups in total. The third-order valence-corrected chi connectivity index (χ3v) is 1.47. The van der Waals surface area contributed by atoms with E-state index in [2.05, 4.69) is 31.7 Å². The summed E-state index contributed by atoms with van der Waals surface area (Å²) in [6.45, 7) is 9.99. The third kappa shape index (κ3) is 4.13. The Labute approximate surface area is 64.0 Å². The first-order chi connectivity index (χ1) is 4.68. The summed E-state index contributed by atoms with van der Waals surface area (Å²) in [6, 6.07) is 0. The maximum atomic E-state index is 3.84. The molecule has 0 saturated heterocycles. The molecule has 56 valence electrons. The first-order valence-corrected chi connectivity index (χ1v) is 3.62. The zero-order valence-electron chi connectivity index (χ0n) is 7.15. The SMILES string of the molecule is C=C(C)C(C)=CCC=CC. The zero-order valence-corrected chi connectivity index (χ0v) is 7.15. The number of allylic oxidation sites excluding steroid dienone is 5. The van der Waals surface area contributed by atoms with Gasteiger partial charge in [-0.3, -0.25) is 0 Å². The largest absolute Gasteiger partial charge is 0.0959 e. The Hall–Kier alpha value is -0.780. The lowest BCUT2D eigenvalue weighted by molar-refractivity contribution is 1.27. The molecular weight excluding hydrogens is 120 g/mol. The van der Waals surface area contributed by atoms with Crippen molar-refractivity contribution < 1.29 is 0 Å². The van der Waals surface area contributed by atoms with Crippen LogP contribution in [-0.2, 0) is 0 Å². The second-order valence-electron chi connectivity index (χ2n) is 2.47. The monoisotopic (exact) mass is 136 g/mol. The van der Waals surface area contributed by atoms with Gasteiger partial charge in [0.1, 0.15) is 0 Å². The van der Waals surface area contributed by atoms with Crippen LogP contribution in [0.1, 0.15) is 27.2 Å². The second-order valence-corrected chi connectivity index (χ2v) is 2.47. The van der Waals surface area contributed by atoms with Crippen molar-refractivity contribution in [1.29, 1.82) is 0 Å². The van der Waals surface area contributed by atoms with Gasteiger partial charge in [0, 0.05) is 0 Å². The highest BCUT2D eigenvalue weighted by molar-refractivity contribution is 5.24. The van der Waals surface area contributed by atoms with Gasteiger partial charge < -0.3 is 0 Å². The molecular formula is C10H16. The number of hydrogen-bond donors (Lipinski definition) is 0. The van der Waals surface area contributed by atoms with Crippen LogP contribution in [0.4, 0.5) is 0 Å². The predicted octanol–water partition coefficient (Wildman–Crippen LogP) is 3.48. The van der Waals surface area contributed by atoms with Gasteiger partial charge in [-0.05, 0) is 27.2 Å². The molecule has 0 bridgehead atoms. The molecule has 10 heavy (non-hydrogen) atoms. The van der Waals surface area contributed by atoms with E-state index in [4.69, 9.17) is 0 Å². The van der Waals surface area contributed by atoms with E-state index in [-0.39, 0.29) is 0 Å². The molecule has 0 aliphatic rings. The molecule has 0 aromatic rings. The molecule has 0 heterocycles. The summed E-state index contributed by atoms with van der Waals surface area (Å²) in [5.41, 5.74) is 2.45. The van der Waals surface area contributed by atoms with Crippen LogP contribution in [0, 0.1) is 0 Å². The normalized spacial score (nSPS) is 12.5. The van der Waals surface area contributed by atoms with Gasteiger partial charge in [-0.25, -0.2) is 0 Å². The van der Waals surface area contributed by atoms with Crippen LogP contribution < -0.4 is 0 Å². The fourth-order valence-corrected chi connectivity index (χ4v) is 0.555. The van der Waals surface area contributed by atoms with Gasteiger partial charge in [0.15, 0.2) is 0 Å². The summed E-state index contributed by atoms with van der Waals surface area (Å²) in [7, 11) is 0. The van der Waals surface area contributed by atoms with Crippen molar-refractivity contribution in [3.05, 3.63) is 36.0 Å². The molecule has 0 saturated carbocycles. The van der Waals surface area contributed by atoms with Crippen LogP contribution in [0.25, 0.3) is 0 Å². The van der Waals surface area contributed by atoms with E-state index < -0.39 is 0 Å². The molecule has 0 aromatic heterocycles. The number of rotatable bonds is 3. The van der Waals surface area contributed by atoms with Crippen LogP contribution in [0.5, 0.6) is 0 Å². The Balaban J connectivity index is 3.80. The quantitative estimate of drug-likeness (QED) is 0.411. The van der Waals surface area contributed by atoms with Gasteiger partial charge in [-0.15, -0.1) is 0 Å². The lowest BCUT2D eigenvalue weighted by Crippen LogP contribution is -1.74. The summed E-state index contributed by atoms with van der Waals surface area (Å²) in [5, 5.41) is 0. The van der Waals surface area contributed by atoms with E-state index in [1.54, 1.807) is 0 Å². The van der Waals surface area contributed by atoms with Crippen LogP contribution in [0.2, 0.25) is 0 Å². The van der Waals surface area contributed by atoms with Crippen LogP contribution in [0.15, 0.2) is 36.0 Å². The Morgan fingerprint density at radius 3 is 2.40 bits per heavy atom. The molecule has 0 spiro atoms. The van der Waals surface area contributed by atoms with Gasteiger partial charge in [0.05, 0.1) is 0 Å². The Bertz CT molecular complexity index is 159. The topological polar surface area (TPSA) is 0 Å². The predicted molar refractivity (Wildman–Crippen MR) is 48.0 cm³/mol. The van der Waals surface area contributed by atoms with Crippen molar-refractivity contribution >= 4 is 0 Å². The molecule has 0 radical (unpaired) electrons. The summed E-state index contributed by atoms with van der Waals surface area (Å²) >= 11 is 0. The fraction of sp³-hybridized carbons (Fsp3) is 0.400. The van der Waals surface area contributed by atoms with Crippen molar-refractivity contribution in [2.75, 3.05) is 0 Å². The van der Waals surface area contributed by atoms with E-state index in [0.717, 1.165) is 12.0 Å². The van der Waals surface area contributed by atoms with E-state index in [1.165, 1.54) is 5.57 Å². The lowest BCUT2D eigenvalue weighted by Gasteiger charge is -1.95. The Kier molecular flexibility index (Phi) is 4.65. The van der Waals surface area contributed by atoms with E-state index >= 15 is 0 Å². The molecule has 0 aliphatic carbocycles. The van der Waals surface area contributed by atoms with Crippen molar-refractivity contribution in [1.82, 2.24) is 0 Å². The van der Waals surface area contributed by atoms with Crippen molar-refractivity contribution in [3.63, 3.8) is 0 Å². The Morgan fingerprint density at radius 2 is 2.00 bits per heavy atom. The lowest BCUT2D eigenvalue weighted by atomic mass is 10.1. The molecule has 0 nitrogen and oxygen atoms in total. The minimum absolute atomic E-state index is 1.02. The maximum absolute atomic E-state index is 3.84. The molecule has 0 fully saturated rings. The second kappa shape index (κ2) is 5.04. The smallest absolute Gasteiger partial charge is 0.0163 e. The molecule has 0 unspecified atom stereocenters. The highest BCUT2D eigenvalue weighted by Crippen LogP contribution is 2.05. The highest BCUT2D eigenvalue weighted by atomic mass is 13.9. The van der Waals surface area contributed by atoms with Crippen molar-refractivity contribution in [2.45, 2.75) is 27.2 Å². The summed E-state index contributed by atoms with van der Waals surface area (Å²) in [6.07, 6.45) is 7.40. The molecule has 0 rings (SSSR count).